The molecular formula is C16H13NO4. The van der Waals surface area contributed by atoms with Gasteiger partial charge in [0.1, 0.15) is 17.1 Å². The number of hydrogen-bond acceptors (Lipinski definition) is 5. The molecule has 0 atom stereocenters. The summed E-state index contributed by atoms with van der Waals surface area (Å²) in [7, 11) is 3.12. The maximum absolute atomic E-state index is 12.0. The average molecular weight is 283 g/mol. The van der Waals surface area contributed by atoms with Gasteiger partial charge < -0.3 is 13.9 Å². The fourth-order valence-electron chi connectivity index (χ4n) is 2.07. The van der Waals surface area contributed by atoms with Crippen molar-refractivity contribution in [1.82, 2.24) is 4.98 Å². The minimum Gasteiger partial charge on any atom is -0.497 e. The summed E-state index contributed by atoms with van der Waals surface area (Å²) in [5.74, 6) is 1.43. The van der Waals surface area contributed by atoms with Crippen molar-refractivity contribution in [2.45, 2.75) is 0 Å². The molecule has 0 radical (unpaired) electrons. The topological polar surface area (TPSA) is 61.6 Å². The van der Waals surface area contributed by atoms with Crippen molar-refractivity contribution in [3.05, 3.63) is 52.8 Å². The third kappa shape index (κ3) is 2.45. The van der Waals surface area contributed by atoms with E-state index >= 15 is 0 Å². The van der Waals surface area contributed by atoms with Gasteiger partial charge in [-0.2, -0.15) is 4.98 Å². The first kappa shape index (κ1) is 13.2. The van der Waals surface area contributed by atoms with Crippen LogP contribution in [0, 0.1) is 0 Å². The maximum Gasteiger partial charge on any atom is 0.284 e. The molecular weight excluding hydrogens is 270 g/mol. The molecule has 0 aliphatic carbocycles. The maximum atomic E-state index is 12.0. The summed E-state index contributed by atoms with van der Waals surface area (Å²) in [4.78, 5) is 16.0. The van der Waals surface area contributed by atoms with Crippen LogP contribution < -0.4 is 15.0 Å². The lowest BCUT2D eigenvalue weighted by Gasteiger charge is -2.07. The molecule has 0 fully saturated rings. The lowest BCUT2D eigenvalue weighted by molar-refractivity contribution is 0.394. The molecule has 21 heavy (non-hydrogen) atoms. The second kappa shape index (κ2) is 5.28. The summed E-state index contributed by atoms with van der Waals surface area (Å²) in [6, 6.07) is 12.2. The highest BCUT2D eigenvalue weighted by Gasteiger charge is 2.11. The lowest BCUT2D eigenvalue weighted by Crippen LogP contribution is -2.07. The molecule has 3 aromatic rings. The van der Waals surface area contributed by atoms with E-state index in [0.717, 1.165) is 0 Å². The standard InChI is InChI=1S/C16H13NO4/c1-19-11-7-10(8-12(9-11)20-2)16-17-15(18)13-5-3-4-6-14(13)21-16/h3-9H,1-2H3. The van der Waals surface area contributed by atoms with E-state index in [9.17, 15) is 4.79 Å². The van der Waals surface area contributed by atoms with Gasteiger partial charge in [-0.05, 0) is 24.3 Å². The van der Waals surface area contributed by atoms with Crippen molar-refractivity contribution in [2.75, 3.05) is 14.2 Å². The summed E-state index contributed by atoms with van der Waals surface area (Å²) in [5.41, 5.74) is 0.789. The summed E-state index contributed by atoms with van der Waals surface area (Å²) >= 11 is 0. The zero-order valence-electron chi connectivity index (χ0n) is 11.6. The van der Waals surface area contributed by atoms with Crippen molar-refractivity contribution in [3.63, 3.8) is 0 Å². The van der Waals surface area contributed by atoms with Crippen LogP contribution in [0.4, 0.5) is 0 Å². The van der Waals surface area contributed by atoms with Gasteiger partial charge in [-0.3, -0.25) is 4.79 Å². The van der Waals surface area contributed by atoms with Crippen molar-refractivity contribution >= 4 is 11.0 Å². The first-order valence-electron chi connectivity index (χ1n) is 6.34. The van der Waals surface area contributed by atoms with Crippen LogP contribution in [-0.4, -0.2) is 19.2 Å². The Balaban J connectivity index is 2.22. The predicted octanol–water partition coefficient (Wildman–Crippen LogP) is 2.87. The fraction of sp³-hybridized carbons (Fsp3) is 0.125. The number of rotatable bonds is 3. The van der Waals surface area contributed by atoms with E-state index in [0.29, 0.717) is 28.0 Å². The Morgan fingerprint density at radius 1 is 1.00 bits per heavy atom. The molecule has 0 spiro atoms. The Labute approximate surface area is 120 Å². The number of nitrogens with zero attached hydrogens (tertiary/aromatic N) is 1. The molecule has 5 nitrogen and oxygen atoms in total. The largest absolute Gasteiger partial charge is 0.497 e. The third-order valence-corrected chi connectivity index (χ3v) is 3.13. The number of hydrogen-bond donors (Lipinski definition) is 0. The molecule has 5 heteroatoms. The molecule has 3 rings (SSSR count). The Kier molecular flexibility index (Phi) is 3.31. The Hall–Kier alpha value is -2.82. The van der Waals surface area contributed by atoms with Gasteiger partial charge in [0, 0.05) is 11.6 Å². The number of para-hydroxylation sites is 1. The molecule has 2 aromatic carbocycles. The highest BCUT2D eigenvalue weighted by atomic mass is 16.5. The number of ether oxygens (including phenoxy) is 2. The van der Waals surface area contributed by atoms with Gasteiger partial charge in [-0.1, -0.05) is 12.1 Å². The number of methoxy groups -OCH3 is 2. The minimum atomic E-state index is -0.325. The van der Waals surface area contributed by atoms with E-state index in [-0.39, 0.29) is 11.4 Å². The summed E-state index contributed by atoms with van der Waals surface area (Å²) < 4.78 is 16.1. The summed E-state index contributed by atoms with van der Waals surface area (Å²) in [6.07, 6.45) is 0. The van der Waals surface area contributed by atoms with Gasteiger partial charge in [0.05, 0.1) is 19.6 Å². The first-order chi connectivity index (χ1) is 10.2. The molecule has 106 valence electrons. The van der Waals surface area contributed by atoms with Crippen LogP contribution in [-0.2, 0) is 0 Å². The molecule has 0 N–H and O–H groups in total. The van der Waals surface area contributed by atoms with Crippen LogP contribution >= 0.6 is 0 Å². The van der Waals surface area contributed by atoms with Crippen molar-refractivity contribution in [1.29, 1.82) is 0 Å². The van der Waals surface area contributed by atoms with Crippen molar-refractivity contribution < 1.29 is 13.9 Å². The van der Waals surface area contributed by atoms with Crippen molar-refractivity contribution in [3.8, 4) is 23.0 Å². The van der Waals surface area contributed by atoms with Gasteiger partial charge >= 0.3 is 0 Å². The molecule has 0 aliphatic rings. The summed E-state index contributed by atoms with van der Waals surface area (Å²) in [6.45, 7) is 0. The Morgan fingerprint density at radius 3 is 2.33 bits per heavy atom. The van der Waals surface area contributed by atoms with Gasteiger partial charge in [0.2, 0.25) is 5.89 Å². The van der Waals surface area contributed by atoms with Crippen LogP contribution in [0.5, 0.6) is 11.5 Å². The quantitative estimate of drug-likeness (QED) is 0.739. The zero-order chi connectivity index (χ0) is 14.8. The first-order valence-corrected chi connectivity index (χ1v) is 6.34. The van der Waals surface area contributed by atoms with E-state index < -0.39 is 0 Å². The van der Waals surface area contributed by atoms with E-state index in [1.165, 1.54) is 0 Å². The van der Waals surface area contributed by atoms with Crippen LogP contribution in [0.1, 0.15) is 0 Å². The number of benzene rings is 2. The van der Waals surface area contributed by atoms with E-state index in [4.69, 9.17) is 13.9 Å². The molecule has 0 unspecified atom stereocenters. The van der Waals surface area contributed by atoms with Gasteiger partial charge in [-0.15, -0.1) is 0 Å². The van der Waals surface area contributed by atoms with Crippen LogP contribution in [0.3, 0.4) is 0 Å². The molecule has 0 saturated carbocycles. The number of aromatic nitrogens is 1. The third-order valence-electron chi connectivity index (χ3n) is 3.13. The van der Waals surface area contributed by atoms with Gasteiger partial charge in [0.25, 0.3) is 5.56 Å². The second-order valence-electron chi connectivity index (χ2n) is 4.42. The lowest BCUT2D eigenvalue weighted by atomic mass is 10.2. The van der Waals surface area contributed by atoms with E-state index in [1.54, 1.807) is 56.7 Å². The summed E-state index contributed by atoms with van der Waals surface area (Å²) in [5, 5.41) is 0.455. The second-order valence-corrected chi connectivity index (χ2v) is 4.42. The highest BCUT2D eigenvalue weighted by Crippen LogP contribution is 2.29. The average Bonchev–Trinajstić information content (AvgIpc) is 2.54. The number of fused-ring (bicyclic) bond motifs is 1. The van der Waals surface area contributed by atoms with E-state index in [2.05, 4.69) is 4.98 Å². The SMILES string of the molecule is COc1cc(OC)cc(-c2nc(=O)c3ccccc3o2)c1. The smallest absolute Gasteiger partial charge is 0.284 e. The Bertz CT molecular complexity index is 832. The molecule has 0 aliphatic heterocycles. The molecule has 1 aromatic heterocycles. The fourth-order valence-corrected chi connectivity index (χ4v) is 2.07. The Morgan fingerprint density at radius 2 is 1.67 bits per heavy atom. The van der Waals surface area contributed by atoms with Gasteiger partial charge in [-0.25, -0.2) is 0 Å². The molecule has 1 heterocycles. The van der Waals surface area contributed by atoms with Crippen molar-refractivity contribution in [2.24, 2.45) is 0 Å². The van der Waals surface area contributed by atoms with Crippen LogP contribution in [0.2, 0.25) is 0 Å². The van der Waals surface area contributed by atoms with Crippen LogP contribution in [0.15, 0.2) is 51.7 Å². The molecule has 0 bridgehead atoms. The minimum absolute atomic E-state index is 0.232. The van der Waals surface area contributed by atoms with Crippen LogP contribution in [0.25, 0.3) is 22.4 Å². The van der Waals surface area contributed by atoms with Gasteiger partial charge in [0.15, 0.2) is 0 Å². The molecule has 0 amide bonds. The zero-order valence-corrected chi connectivity index (χ0v) is 11.6. The molecule has 0 saturated heterocycles. The monoisotopic (exact) mass is 283 g/mol. The van der Waals surface area contributed by atoms with E-state index in [1.807, 2.05) is 0 Å². The normalized spacial score (nSPS) is 10.6. The predicted molar refractivity (Wildman–Crippen MR) is 78.8 cm³/mol. The highest BCUT2D eigenvalue weighted by molar-refractivity contribution is 5.76.